The van der Waals surface area contributed by atoms with Crippen molar-refractivity contribution in [3.8, 4) is 5.75 Å². The van der Waals surface area contributed by atoms with Crippen molar-refractivity contribution >= 4 is 40.7 Å². The summed E-state index contributed by atoms with van der Waals surface area (Å²) in [6.07, 6.45) is 1.60. The van der Waals surface area contributed by atoms with E-state index in [0.29, 0.717) is 21.8 Å². The molecule has 9 heteroatoms. The lowest BCUT2D eigenvalue weighted by Crippen LogP contribution is -2.28. The summed E-state index contributed by atoms with van der Waals surface area (Å²) in [5.41, 5.74) is 1.79. The number of carbonyl (C=O) groups is 3. The van der Waals surface area contributed by atoms with E-state index in [1.165, 1.54) is 0 Å². The van der Waals surface area contributed by atoms with Gasteiger partial charge in [-0.15, -0.1) is 0 Å². The number of ether oxygens (including phenoxy) is 2. The fraction of sp³-hybridized carbons (Fsp3) is 0.167. The summed E-state index contributed by atoms with van der Waals surface area (Å²) in [5, 5.41) is 21.2. The van der Waals surface area contributed by atoms with Gasteiger partial charge in [0.05, 0.1) is 17.5 Å². The lowest BCUT2D eigenvalue weighted by molar-refractivity contribution is -0.307. The van der Waals surface area contributed by atoms with E-state index in [1.807, 2.05) is 6.92 Å². The third-order valence-electron chi connectivity index (χ3n) is 4.41. The molecule has 170 valence electrons. The number of hydrogen-bond donors (Lipinski definition) is 1. The SMILES string of the molecule is CCOC(=O)C1=C(O)/C(=C/c2ccc(OCC(=O)[O-])cc2)SC1=NC(=O)c1ccc(C)cc1. The van der Waals surface area contributed by atoms with Crippen LogP contribution in [0, 0.1) is 6.92 Å². The highest BCUT2D eigenvalue weighted by molar-refractivity contribution is 8.18. The van der Waals surface area contributed by atoms with Crippen LogP contribution in [0.15, 0.2) is 69.8 Å². The van der Waals surface area contributed by atoms with E-state index in [9.17, 15) is 24.6 Å². The number of rotatable bonds is 7. The maximum absolute atomic E-state index is 12.6. The molecule has 0 radical (unpaired) electrons. The van der Waals surface area contributed by atoms with Gasteiger partial charge in [-0.25, -0.2) is 9.79 Å². The number of nitrogens with zero attached hydrogens (tertiary/aromatic N) is 1. The molecule has 3 rings (SSSR count). The van der Waals surface area contributed by atoms with Gasteiger partial charge in [0.1, 0.15) is 28.7 Å². The van der Waals surface area contributed by atoms with Crippen molar-refractivity contribution in [2.45, 2.75) is 13.8 Å². The maximum Gasteiger partial charge on any atom is 0.344 e. The Morgan fingerprint density at radius 1 is 1.09 bits per heavy atom. The average Bonchev–Trinajstić information content (AvgIpc) is 3.08. The molecule has 33 heavy (non-hydrogen) atoms. The van der Waals surface area contributed by atoms with Crippen LogP contribution in [0.4, 0.5) is 0 Å². The second-order valence-electron chi connectivity index (χ2n) is 6.87. The molecule has 1 aliphatic rings. The fourth-order valence-electron chi connectivity index (χ4n) is 2.80. The zero-order chi connectivity index (χ0) is 24.0. The van der Waals surface area contributed by atoms with E-state index in [1.54, 1.807) is 61.5 Å². The Kier molecular flexibility index (Phi) is 7.68. The molecule has 2 aromatic carbocycles. The Balaban J connectivity index is 1.90. The highest BCUT2D eigenvalue weighted by Gasteiger charge is 2.33. The molecular weight excluding hydrogens is 446 g/mol. The van der Waals surface area contributed by atoms with E-state index in [-0.39, 0.29) is 23.0 Å². The molecular formula is C24H20NO7S-. The number of aliphatic carboxylic acids is 1. The minimum atomic E-state index is -1.34. The Morgan fingerprint density at radius 2 is 1.76 bits per heavy atom. The van der Waals surface area contributed by atoms with E-state index >= 15 is 0 Å². The van der Waals surface area contributed by atoms with Gasteiger partial charge in [0.25, 0.3) is 5.91 Å². The van der Waals surface area contributed by atoms with Crippen LogP contribution >= 0.6 is 11.8 Å². The largest absolute Gasteiger partial charge is 0.546 e. The number of esters is 1. The third kappa shape index (κ3) is 6.11. The molecule has 0 bridgehead atoms. The molecule has 1 amide bonds. The normalized spacial score (nSPS) is 15.7. The number of aliphatic hydroxyl groups excluding tert-OH is 1. The summed E-state index contributed by atoms with van der Waals surface area (Å²) in [4.78, 5) is 39.9. The van der Waals surface area contributed by atoms with Gasteiger partial charge in [-0.2, -0.15) is 0 Å². The Labute approximate surface area is 194 Å². The van der Waals surface area contributed by atoms with Crippen molar-refractivity contribution in [1.82, 2.24) is 0 Å². The summed E-state index contributed by atoms with van der Waals surface area (Å²) in [6, 6.07) is 13.2. The van der Waals surface area contributed by atoms with Crippen LogP contribution in [-0.4, -0.2) is 41.2 Å². The molecule has 0 saturated heterocycles. The molecule has 1 aliphatic heterocycles. The smallest absolute Gasteiger partial charge is 0.344 e. The summed E-state index contributed by atoms with van der Waals surface area (Å²) in [7, 11) is 0. The second kappa shape index (κ2) is 10.6. The van der Waals surface area contributed by atoms with Crippen LogP contribution in [0.1, 0.15) is 28.4 Å². The third-order valence-corrected chi connectivity index (χ3v) is 5.43. The molecule has 0 unspecified atom stereocenters. The lowest BCUT2D eigenvalue weighted by atomic mass is 10.1. The predicted molar refractivity (Wildman–Crippen MR) is 122 cm³/mol. The maximum atomic E-state index is 12.6. The Morgan fingerprint density at radius 3 is 2.36 bits per heavy atom. The van der Waals surface area contributed by atoms with E-state index in [4.69, 9.17) is 9.47 Å². The number of aliphatic imine (C=N–C) groups is 1. The fourth-order valence-corrected chi connectivity index (χ4v) is 3.81. The number of carboxylic acids is 1. The van der Waals surface area contributed by atoms with E-state index in [2.05, 4.69) is 4.99 Å². The Hall–Kier alpha value is -3.85. The summed E-state index contributed by atoms with van der Waals surface area (Å²) in [5.74, 6) is -2.68. The van der Waals surface area contributed by atoms with Crippen molar-refractivity contribution in [3.63, 3.8) is 0 Å². The van der Waals surface area contributed by atoms with Crippen molar-refractivity contribution < 1.29 is 34.1 Å². The van der Waals surface area contributed by atoms with Gasteiger partial charge in [0.15, 0.2) is 0 Å². The number of aliphatic hydroxyl groups is 1. The number of hydrogen-bond acceptors (Lipinski definition) is 8. The quantitative estimate of drug-likeness (QED) is 0.618. The first kappa shape index (κ1) is 23.8. The van der Waals surface area contributed by atoms with Gasteiger partial charge in [-0.05, 0) is 49.8 Å². The van der Waals surface area contributed by atoms with Crippen LogP contribution in [0.2, 0.25) is 0 Å². The first-order valence-corrected chi connectivity index (χ1v) is 10.7. The van der Waals surface area contributed by atoms with Crippen LogP contribution in [0.5, 0.6) is 5.75 Å². The standard InChI is InChI=1S/C24H21NO7S/c1-3-31-24(30)20-21(28)18(12-15-6-10-17(11-7-15)32-13-19(26)27)33-23(20)25-22(29)16-8-4-14(2)5-9-16/h4-12,28H,3,13H2,1-2H3,(H,26,27)/p-1/b18-12-,25-23?. The number of benzene rings is 2. The zero-order valence-electron chi connectivity index (χ0n) is 17.9. The predicted octanol–water partition coefficient (Wildman–Crippen LogP) is 2.83. The average molecular weight is 466 g/mol. The monoisotopic (exact) mass is 466 g/mol. The molecule has 0 aromatic heterocycles. The number of amides is 1. The molecule has 1 heterocycles. The summed E-state index contributed by atoms with van der Waals surface area (Å²) in [6.45, 7) is 3.04. The van der Waals surface area contributed by atoms with E-state index < -0.39 is 24.5 Å². The number of carboxylic acid groups (broad SMARTS) is 1. The number of aryl methyl sites for hydroxylation is 1. The van der Waals surface area contributed by atoms with Crippen LogP contribution in [0.3, 0.4) is 0 Å². The molecule has 0 atom stereocenters. The first-order valence-electron chi connectivity index (χ1n) is 9.91. The van der Waals surface area contributed by atoms with Crippen molar-refractivity contribution in [3.05, 3.63) is 81.5 Å². The van der Waals surface area contributed by atoms with Gasteiger partial charge in [0.2, 0.25) is 0 Å². The van der Waals surface area contributed by atoms with Crippen molar-refractivity contribution in [1.29, 1.82) is 0 Å². The molecule has 2 aromatic rings. The molecule has 0 spiro atoms. The minimum absolute atomic E-state index is 0.0386. The molecule has 0 saturated carbocycles. The second-order valence-corrected chi connectivity index (χ2v) is 7.90. The minimum Gasteiger partial charge on any atom is -0.546 e. The molecule has 0 aliphatic carbocycles. The lowest BCUT2D eigenvalue weighted by Gasteiger charge is -2.06. The highest BCUT2D eigenvalue weighted by atomic mass is 32.2. The summed E-state index contributed by atoms with van der Waals surface area (Å²) >= 11 is 0.969. The van der Waals surface area contributed by atoms with E-state index in [0.717, 1.165) is 17.3 Å². The number of carbonyl (C=O) groups excluding carboxylic acids is 3. The van der Waals surface area contributed by atoms with Gasteiger partial charge in [-0.3, -0.25) is 4.79 Å². The zero-order valence-corrected chi connectivity index (χ0v) is 18.7. The summed E-state index contributed by atoms with van der Waals surface area (Å²) < 4.78 is 10.1. The van der Waals surface area contributed by atoms with Gasteiger partial charge in [-0.1, -0.05) is 41.6 Å². The van der Waals surface area contributed by atoms with Gasteiger partial charge < -0.3 is 24.5 Å². The van der Waals surface area contributed by atoms with Crippen molar-refractivity contribution in [2.75, 3.05) is 13.2 Å². The van der Waals surface area contributed by atoms with Crippen molar-refractivity contribution in [2.24, 2.45) is 4.99 Å². The molecule has 1 N–H and O–H groups in total. The first-order chi connectivity index (χ1) is 15.8. The van der Waals surface area contributed by atoms with Crippen LogP contribution < -0.4 is 9.84 Å². The topological polar surface area (TPSA) is 125 Å². The van der Waals surface area contributed by atoms with Gasteiger partial charge >= 0.3 is 5.97 Å². The van der Waals surface area contributed by atoms with Crippen LogP contribution in [-0.2, 0) is 14.3 Å². The highest BCUT2D eigenvalue weighted by Crippen LogP contribution is 2.39. The van der Waals surface area contributed by atoms with Gasteiger partial charge in [0, 0.05) is 5.56 Å². The molecule has 8 nitrogen and oxygen atoms in total. The number of thioether (sulfide) groups is 1. The molecule has 0 fully saturated rings. The Bertz CT molecular complexity index is 1160. The van der Waals surface area contributed by atoms with Crippen LogP contribution in [0.25, 0.3) is 6.08 Å².